The first kappa shape index (κ1) is 12.6. The third-order valence-corrected chi connectivity index (χ3v) is 1.90. The molecule has 0 heterocycles. The van der Waals surface area contributed by atoms with Gasteiger partial charge in [0.15, 0.2) is 0 Å². The van der Waals surface area contributed by atoms with E-state index in [4.69, 9.17) is 10.2 Å². The van der Waals surface area contributed by atoms with E-state index in [0.717, 1.165) is 10.0 Å². The fraction of sp³-hybridized carbons (Fsp3) is 0.400. The normalized spacial score (nSPS) is 9.38. The van der Waals surface area contributed by atoms with Crippen LogP contribution >= 0.6 is 15.9 Å². The molecule has 0 fully saturated rings. The van der Waals surface area contributed by atoms with Gasteiger partial charge in [0, 0.05) is 10.6 Å². The lowest BCUT2D eigenvalue weighted by Gasteiger charge is -1.96. The van der Waals surface area contributed by atoms with Gasteiger partial charge in [0.05, 0.1) is 6.61 Å². The molecular formula is C10H15BrO2. The number of aliphatic hydroxyl groups is 2. The average Bonchev–Trinajstić information content (AvgIpc) is 2.04. The fourth-order valence-electron chi connectivity index (χ4n) is 0.627. The second-order valence-electron chi connectivity index (χ2n) is 2.84. The van der Waals surface area contributed by atoms with Gasteiger partial charge >= 0.3 is 0 Å². The van der Waals surface area contributed by atoms with E-state index in [1.165, 1.54) is 0 Å². The highest BCUT2D eigenvalue weighted by Gasteiger charge is 1.92. The van der Waals surface area contributed by atoms with Gasteiger partial charge in [0.1, 0.15) is 0 Å². The van der Waals surface area contributed by atoms with Gasteiger partial charge in [-0.2, -0.15) is 0 Å². The Labute approximate surface area is 87.4 Å². The highest BCUT2D eigenvalue weighted by molar-refractivity contribution is 9.10. The van der Waals surface area contributed by atoms with Gasteiger partial charge < -0.3 is 10.2 Å². The van der Waals surface area contributed by atoms with Gasteiger partial charge in [-0.3, -0.25) is 0 Å². The van der Waals surface area contributed by atoms with Crippen LogP contribution in [-0.2, 0) is 6.61 Å². The molecule has 0 saturated heterocycles. The van der Waals surface area contributed by atoms with Crippen LogP contribution in [0.3, 0.4) is 0 Å². The number of hydrogen-bond donors (Lipinski definition) is 2. The van der Waals surface area contributed by atoms with E-state index >= 15 is 0 Å². The molecule has 0 bridgehead atoms. The summed E-state index contributed by atoms with van der Waals surface area (Å²) in [5.41, 5.74) is 0.928. The van der Waals surface area contributed by atoms with Crippen molar-refractivity contribution in [2.75, 3.05) is 0 Å². The molecule has 0 aliphatic carbocycles. The molecule has 1 aromatic rings. The molecule has 2 N–H and O–H groups in total. The Morgan fingerprint density at radius 2 is 1.77 bits per heavy atom. The van der Waals surface area contributed by atoms with Crippen LogP contribution in [0.25, 0.3) is 0 Å². The molecule has 1 aromatic carbocycles. The number of aliphatic hydroxyl groups excluding tert-OH is 2. The molecule has 1 rings (SSSR count). The summed E-state index contributed by atoms with van der Waals surface area (Å²) in [6.07, 6.45) is -0.167. The summed E-state index contributed by atoms with van der Waals surface area (Å²) in [5.74, 6) is 0. The van der Waals surface area contributed by atoms with Crippen molar-refractivity contribution < 1.29 is 10.2 Å². The first-order valence-corrected chi connectivity index (χ1v) is 4.89. The van der Waals surface area contributed by atoms with Gasteiger partial charge in [0.2, 0.25) is 0 Å². The summed E-state index contributed by atoms with van der Waals surface area (Å²) >= 11 is 3.30. The van der Waals surface area contributed by atoms with Crippen molar-refractivity contribution in [3.05, 3.63) is 34.3 Å². The summed E-state index contributed by atoms with van der Waals surface area (Å²) in [5, 5.41) is 16.7. The standard InChI is InChI=1S/C7H7BrO.C3H8O/c8-7-4-2-1-3-6(7)5-9;1-3(2)4/h1-4,9H,5H2;3-4H,1-2H3. The zero-order valence-electron chi connectivity index (χ0n) is 7.87. The molecule has 0 amide bonds. The van der Waals surface area contributed by atoms with Gasteiger partial charge in [-0.25, -0.2) is 0 Å². The SMILES string of the molecule is CC(C)O.OCc1ccccc1Br. The second kappa shape index (κ2) is 7.06. The van der Waals surface area contributed by atoms with E-state index in [2.05, 4.69) is 15.9 Å². The molecule has 0 spiro atoms. The van der Waals surface area contributed by atoms with Crippen molar-refractivity contribution in [3.63, 3.8) is 0 Å². The quantitative estimate of drug-likeness (QED) is 0.799. The Morgan fingerprint density at radius 3 is 2.08 bits per heavy atom. The number of benzene rings is 1. The smallest absolute Gasteiger partial charge is 0.0692 e. The average molecular weight is 247 g/mol. The first-order valence-electron chi connectivity index (χ1n) is 4.10. The maximum atomic E-state index is 8.69. The van der Waals surface area contributed by atoms with Gasteiger partial charge in [-0.05, 0) is 25.5 Å². The van der Waals surface area contributed by atoms with Crippen LogP contribution in [0.1, 0.15) is 19.4 Å². The van der Waals surface area contributed by atoms with Gasteiger partial charge in [0.25, 0.3) is 0 Å². The summed E-state index contributed by atoms with van der Waals surface area (Å²) in [4.78, 5) is 0. The Hall–Kier alpha value is -0.380. The number of hydrogen-bond acceptors (Lipinski definition) is 2. The zero-order chi connectivity index (χ0) is 10.3. The predicted octanol–water partition coefficient (Wildman–Crippen LogP) is 2.33. The summed E-state index contributed by atoms with van der Waals surface area (Å²) in [7, 11) is 0. The Bertz CT molecular complexity index is 233. The molecule has 0 aliphatic heterocycles. The molecular weight excluding hydrogens is 232 g/mol. The van der Waals surface area contributed by atoms with Crippen molar-refractivity contribution in [3.8, 4) is 0 Å². The third-order valence-electron chi connectivity index (χ3n) is 1.13. The van der Waals surface area contributed by atoms with Crippen molar-refractivity contribution in [1.82, 2.24) is 0 Å². The maximum absolute atomic E-state index is 8.69. The van der Waals surface area contributed by atoms with Crippen molar-refractivity contribution in [1.29, 1.82) is 0 Å². The van der Waals surface area contributed by atoms with E-state index in [-0.39, 0.29) is 12.7 Å². The molecule has 0 atom stereocenters. The first-order chi connectivity index (χ1) is 6.07. The van der Waals surface area contributed by atoms with E-state index in [1.54, 1.807) is 13.8 Å². The zero-order valence-corrected chi connectivity index (χ0v) is 9.45. The highest BCUT2D eigenvalue weighted by atomic mass is 79.9. The molecule has 0 saturated carbocycles. The summed E-state index contributed by atoms with van der Waals surface area (Å²) in [6.45, 7) is 3.54. The monoisotopic (exact) mass is 246 g/mol. The minimum Gasteiger partial charge on any atom is -0.394 e. The van der Waals surface area contributed by atoms with Crippen LogP contribution < -0.4 is 0 Å². The highest BCUT2D eigenvalue weighted by Crippen LogP contribution is 2.14. The molecule has 74 valence electrons. The lowest BCUT2D eigenvalue weighted by molar-refractivity contribution is 0.216. The molecule has 0 aliphatic rings. The largest absolute Gasteiger partial charge is 0.394 e. The lowest BCUT2D eigenvalue weighted by Crippen LogP contribution is -1.85. The van der Waals surface area contributed by atoms with Crippen molar-refractivity contribution in [2.24, 2.45) is 0 Å². The van der Waals surface area contributed by atoms with Crippen molar-refractivity contribution in [2.45, 2.75) is 26.6 Å². The van der Waals surface area contributed by atoms with E-state index < -0.39 is 0 Å². The Morgan fingerprint density at radius 1 is 1.31 bits per heavy atom. The minimum atomic E-state index is -0.167. The lowest BCUT2D eigenvalue weighted by atomic mass is 10.2. The van der Waals surface area contributed by atoms with Crippen LogP contribution in [0.4, 0.5) is 0 Å². The Balaban J connectivity index is 0.000000310. The van der Waals surface area contributed by atoms with Crippen molar-refractivity contribution >= 4 is 15.9 Å². The topological polar surface area (TPSA) is 40.5 Å². The molecule has 0 unspecified atom stereocenters. The summed E-state index contributed by atoms with van der Waals surface area (Å²) < 4.78 is 0.965. The van der Waals surface area contributed by atoms with Crippen LogP contribution in [0.5, 0.6) is 0 Å². The van der Waals surface area contributed by atoms with E-state index in [0.29, 0.717) is 0 Å². The Kier molecular flexibility index (Phi) is 6.86. The fourth-order valence-corrected chi connectivity index (χ4v) is 1.04. The maximum Gasteiger partial charge on any atom is 0.0692 e. The van der Waals surface area contributed by atoms with Gasteiger partial charge in [-0.1, -0.05) is 34.1 Å². The molecule has 13 heavy (non-hydrogen) atoms. The molecule has 0 radical (unpaired) electrons. The number of rotatable bonds is 1. The van der Waals surface area contributed by atoms with Crippen LogP contribution in [-0.4, -0.2) is 16.3 Å². The predicted molar refractivity (Wildman–Crippen MR) is 57.4 cm³/mol. The van der Waals surface area contributed by atoms with Crippen LogP contribution in [0.15, 0.2) is 28.7 Å². The minimum absolute atomic E-state index is 0.0986. The molecule has 0 aromatic heterocycles. The second-order valence-corrected chi connectivity index (χ2v) is 3.70. The van der Waals surface area contributed by atoms with Crippen LogP contribution in [0, 0.1) is 0 Å². The molecule has 2 nitrogen and oxygen atoms in total. The van der Waals surface area contributed by atoms with E-state index in [1.807, 2.05) is 24.3 Å². The van der Waals surface area contributed by atoms with Crippen LogP contribution in [0.2, 0.25) is 0 Å². The number of halogens is 1. The molecule has 3 heteroatoms. The van der Waals surface area contributed by atoms with Gasteiger partial charge in [-0.15, -0.1) is 0 Å². The summed E-state index contributed by atoms with van der Waals surface area (Å²) in [6, 6.07) is 7.61. The third kappa shape index (κ3) is 6.75. The van der Waals surface area contributed by atoms with E-state index in [9.17, 15) is 0 Å².